The van der Waals surface area contributed by atoms with E-state index in [2.05, 4.69) is 15.7 Å². The van der Waals surface area contributed by atoms with E-state index in [1.807, 2.05) is 20.0 Å². The molecule has 0 unspecified atom stereocenters. The Balaban J connectivity index is 1.99. The summed E-state index contributed by atoms with van der Waals surface area (Å²) in [5.41, 5.74) is 1.58. The van der Waals surface area contributed by atoms with Crippen LogP contribution in [0.1, 0.15) is 12.6 Å². The molecular weight excluding hydrogens is 220 g/mol. The molecule has 1 aliphatic heterocycles. The molecule has 1 fully saturated rings. The number of morpholine rings is 1. The SMILES string of the molecule is CCn1cc(NC(=O)[C@H]2CNCCO2)c(C)n1. The van der Waals surface area contributed by atoms with Crippen molar-refractivity contribution in [1.82, 2.24) is 15.1 Å². The van der Waals surface area contributed by atoms with Gasteiger partial charge in [0.15, 0.2) is 0 Å². The topological polar surface area (TPSA) is 68.2 Å². The fraction of sp³-hybridized carbons (Fsp3) is 0.636. The van der Waals surface area contributed by atoms with Gasteiger partial charge in [0.1, 0.15) is 6.10 Å². The Kier molecular flexibility index (Phi) is 3.75. The van der Waals surface area contributed by atoms with E-state index in [0.29, 0.717) is 13.2 Å². The molecule has 1 atom stereocenters. The molecule has 0 aliphatic carbocycles. The molecule has 1 aliphatic rings. The number of carbonyl (C=O) groups is 1. The van der Waals surface area contributed by atoms with E-state index < -0.39 is 6.10 Å². The largest absolute Gasteiger partial charge is 0.366 e. The number of amides is 1. The highest BCUT2D eigenvalue weighted by Crippen LogP contribution is 2.13. The van der Waals surface area contributed by atoms with Gasteiger partial charge in [-0.1, -0.05) is 0 Å². The van der Waals surface area contributed by atoms with Crippen LogP contribution in [-0.4, -0.2) is 41.5 Å². The molecule has 2 heterocycles. The molecule has 2 rings (SSSR count). The van der Waals surface area contributed by atoms with Crippen molar-refractivity contribution in [1.29, 1.82) is 0 Å². The molecule has 0 saturated carbocycles. The van der Waals surface area contributed by atoms with Crippen LogP contribution in [0.25, 0.3) is 0 Å². The van der Waals surface area contributed by atoms with E-state index in [4.69, 9.17) is 4.74 Å². The Labute approximate surface area is 100 Å². The lowest BCUT2D eigenvalue weighted by atomic mass is 10.2. The summed E-state index contributed by atoms with van der Waals surface area (Å²) in [7, 11) is 0. The standard InChI is InChI=1S/C11H18N4O2/c1-3-15-7-9(8(2)14-15)13-11(16)10-6-12-4-5-17-10/h7,10,12H,3-6H2,1-2H3,(H,13,16)/t10-/m1/s1. The second-order valence-corrected chi connectivity index (χ2v) is 4.04. The summed E-state index contributed by atoms with van der Waals surface area (Å²) >= 11 is 0. The van der Waals surface area contributed by atoms with Crippen molar-refractivity contribution in [2.45, 2.75) is 26.5 Å². The summed E-state index contributed by atoms with van der Waals surface area (Å²) in [6, 6.07) is 0. The predicted molar refractivity (Wildman–Crippen MR) is 63.9 cm³/mol. The van der Waals surface area contributed by atoms with Crippen molar-refractivity contribution in [2.75, 3.05) is 25.0 Å². The summed E-state index contributed by atoms with van der Waals surface area (Å²) in [6.45, 7) is 6.61. The third-order valence-electron chi connectivity index (χ3n) is 2.75. The zero-order valence-corrected chi connectivity index (χ0v) is 10.2. The van der Waals surface area contributed by atoms with Gasteiger partial charge in [-0.15, -0.1) is 0 Å². The average molecular weight is 238 g/mol. The minimum Gasteiger partial charge on any atom is -0.366 e. The van der Waals surface area contributed by atoms with Crippen LogP contribution in [0, 0.1) is 6.92 Å². The Morgan fingerprint density at radius 3 is 3.18 bits per heavy atom. The van der Waals surface area contributed by atoms with Crippen LogP contribution in [0.3, 0.4) is 0 Å². The second-order valence-electron chi connectivity index (χ2n) is 4.04. The number of aryl methyl sites for hydroxylation is 2. The van der Waals surface area contributed by atoms with Gasteiger partial charge in [0.2, 0.25) is 0 Å². The first-order valence-electron chi connectivity index (χ1n) is 5.88. The Morgan fingerprint density at radius 1 is 1.76 bits per heavy atom. The van der Waals surface area contributed by atoms with E-state index in [1.165, 1.54) is 0 Å². The molecule has 1 amide bonds. The summed E-state index contributed by atoms with van der Waals surface area (Å²) < 4.78 is 7.18. The molecule has 2 N–H and O–H groups in total. The molecule has 6 heteroatoms. The average Bonchev–Trinajstić information content (AvgIpc) is 2.71. The van der Waals surface area contributed by atoms with Gasteiger partial charge in [0.05, 0.1) is 18.0 Å². The van der Waals surface area contributed by atoms with Gasteiger partial charge in [-0.05, 0) is 13.8 Å². The van der Waals surface area contributed by atoms with E-state index >= 15 is 0 Å². The molecule has 1 aromatic rings. The van der Waals surface area contributed by atoms with Crippen LogP contribution in [-0.2, 0) is 16.1 Å². The Bertz CT molecular complexity index is 396. The van der Waals surface area contributed by atoms with E-state index in [9.17, 15) is 4.79 Å². The molecule has 1 saturated heterocycles. The van der Waals surface area contributed by atoms with E-state index in [0.717, 1.165) is 24.5 Å². The van der Waals surface area contributed by atoms with Crippen LogP contribution in [0.2, 0.25) is 0 Å². The second kappa shape index (κ2) is 5.29. The molecule has 1 aromatic heterocycles. The van der Waals surface area contributed by atoms with Crippen molar-refractivity contribution < 1.29 is 9.53 Å². The number of hydrogen-bond acceptors (Lipinski definition) is 4. The number of nitrogens with one attached hydrogen (secondary N) is 2. The molecule has 0 bridgehead atoms. The third-order valence-corrected chi connectivity index (χ3v) is 2.75. The van der Waals surface area contributed by atoms with Crippen LogP contribution >= 0.6 is 0 Å². The molecule has 0 radical (unpaired) electrons. The first-order valence-corrected chi connectivity index (χ1v) is 5.88. The van der Waals surface area contributed by atoms with Crippen molar-refractivity contribution >= 4 is 11.6 Å². The van der Waals surface area contributed by atoms with Crippen molar-refractivity contribution in [3.63, 3.8) is 0 Å². The minimum atomic E-state index is -0.409. The summed E-state index contributed by atoms with van der Waals surface area (Å²) in [6.07, 6.45) is 1.43. The lowest BCUT2D eigenvalue weighted by molar-refractivity contribution is -0.128. The predicted octanol–water partition coefficient (Wildman–Crippen LogP) is 0.138. The van der Waals surface area contributed by atoms with Crippen LogP contribution in [0.5, 0.6) is 0 Å². The van der Waals surface area contributed by atoms with Crippen molar-refractivity contribution in [3.05, 3.63) is 11.9 Å². The lowest BCUT2D eigenvalue weighted by Crippen LogP contribution is -2.45. The number of ether oxygens (including phenoxy) is 1. The van der Waals surface area contributed by atoms with Gasteiger partial charge in [-0.2, -0.15) is 5.10 Å². The fourth-order valence-electron chi connectivity index (χ4n) is 1.75. The monoisotopic (exact) mass is 238 g/mol. The summed E-state index contributed by atoms with van der Waals surface area (Å²) in [5, 5.41) is 10.2. The zero-order valence-electron chi connectivity index (χ0n) is 10.2. The molecule has 17 heavy (non-hydrogen) atoms. The number of anilines is 1. The fourth-order valence-corrected chi connectivity index (χ4v) is 1.75. The molecule has 94 valence electrons. The molecule has 0 aromatic carbocycles. The summed E-state index contributed by atoms with van der Waals surface area (Å²) in [4.78, 5) is 11.9. The number of nitrogens with zero attached hydrogens (tertiary/aromatic N) is 2. The normalized spacial score (nSPS) is 20.2. The molecule has 6 nitrogen and oxygen atoms in total. The number of hydrogen-bond donors (Lipinski definition) is 2. The maximum atomic E-state index is 11.9. The summed E-state index contributed by atoms with van der Waals surface area (Å²) in [5.74, 6) is -0.115. The van der Waals surface area contributed by atoms with Crippen LogP contribution < -0.4 is 10.6 Å². The maximum Gasteiger partial charge on any atom is 0.254 e. The van der Waals surface area contributed by atoms with Crippen LogP contribution in [0.4, 0.5) is 5.69 Å². The number of aromatic nitrogens is 2. The van der Waals surface area contributed by atoms with Gasteiger partial charge in [0, 0.05) is 25.8 Å². The molecular formula is C11H18N4O2. The highest BCUT2D eigenvalue weighted by molar-refractivity contribution is 5.94. The van der Waals surface area contributed by atoms with Crippen LogP contribution in [0.15, 0.2) is 6.20 Å². The van der Waals surface area contributed by atoms with E-state index in [1.54, 1.807) is 4.68 Å². The van der Waals surface area contributed by atoms with Gasteiger partial charge in [-0.3, -0.25) is 9.48 Å². The maximum absolute atomic E-state index is 11.9. The first-order chi connectivity index (χ1) is 8.20. The Hall–Kier alpha value is -1.40. The number of carbonyl (C=O) groups excluding carboxylic acids is 1. The molecule has 0 spiro atoms. The zero-order chi connectivity index (χ0) is 12.3. The van der Waals surface area contributed by atoms with Gasteiger partial charge in [0.25, 0.3) is 5.91 Å². The third kappa shape index (κ3) is 2.83. The van der Waals surface area contributed by atoms with Gasteiger partial charge >= 0.3 is 0 Å². The quantitative estimate of drug-likeness (QED) is 0.786. The highest BCUT2D eigenvalue weighted by atomic mass is 16.5. The van der Waals surface area contributed by atoms with Gasteiger partial charge in [-0.25, -0.2) is 0 Å². The van der Waals surface area contributed by atoms with E-state index in [-0.39, 0.29) is 5.91 Å². The number of rotatable bonds is 3. The smallest absolute Gasteiger partial charge is 0.254 e. The Morgan fingerprint density at radius 2 is 2.59 bits per heavy atom. The van der Waals surface area contributed by atoms with Crippen molar-refractivity contribution in [2.24, 2.45) is 0 Å². The van der Waals surface area contributed by atoms with Gasteiger partial charge < -0.3 is 15.4 Å². The lowest BCUT2D eigenvalue weighted by Gasteiger charge is -2.22. The van der Waals surface area contributed by atoms with Crippen molar-refractivity contribution in [3.8, 4) is 0 Å². The highest BCUT2D eigenvalue weighted by Gasteiger charge is 2.22. The minimum absolute atomic E-state index is 0.115. The first kappa shape index (κ1) is 12.1.